The van der Waals surface area contributed by atoms with E-state index in [1.165, 1.54) is 6.07 Å². The van der Waals surface area contributed by atoms with E-state index in [4.69, 9.17) is 11.6 Å². The lowest BCUT2D eigenvalue weighted by molar-refractivity contribution is 0.102. The summed E-state index contributed by atoms with van der Waals surface area (Å²) in [7, 11) is 0. The lowest BCUT2D eigenvalue weighted by atomic mass is 10.3. The Bertz CT molecular complexity index is 613. The Morgan fingerprint density at radius 2 is 2.17 bits per heavy atom. The number of amides is 1. The van der Waals surface area contributed by atoms with Crippen LogP contribution in [0.15, 0.2) is 33.7 Å². The average Bonchev–Trinajstić information content (AvgIpc) is 2.28. The zero-order chi connectivity index (χ0) is 13.1. The number of nitrogens with one attached hydrogen (secondary N) is 1. The summed E-state index contributed by atoms with van der Waals surface area (Å²) in [5, 5.41) is 2.69. The van der Waals surface area contributed by atoms with Crippen molar-refractivity contribution in [2.45, 2.75) is 6.92 Å². The summed E-state index contributed by atoms with van der Waals surface area (Å²) < 4.78 is 4.58. The van der Waals surface area contributed by atoms with Crippen LogP contribution in [0, 0.1) is 6.92 Å². The molecule has 0 bridgehead atoms. The van der Waals surface area contributed by atoms with Gasteiger partial charge in [0.25, 0.3) is 5.91 Å². The number of halogens is 1. The fraction of sp³-hybridized carbons (Fsp3) is 0.0909. The van der Waals surface area contributed by atoms with Crippen LogP contribution >= 0.6 is 11.6 Å². The highest BCUT2D eigenvalue weighted by Crippen LogP contribution is 2.10. The van der Waals surface area contributed by atoms with Gasteiger partial charge in [0.1, 0.15) is 11.4 Å². The van der Waals surface area contributed by atoms with Crippen LogP contribution in [0.1, 0.15) is 16.1 Å². The molecule has 0 fully saturated rings. The average molecular weight is 266 g/mol. The van der Waals surface area contributed by atoms with Gasteiger partial charge in [0.2, 0.25) is 5.95 Å². The molecule has 2 aromatic rings. The quantitative estimate of drug-likeness (QED) is 0.835. The van der Waals surface area contributed by atoms with E-state index in [-0.39, 0.29) is 16.7 Å². The smallest absolute Gasteiger partial charge is 0.335 e. The SMILES string of the molecule is Cc1cc(Cl)nc(NC(=O)c2ccc(=O)oc2)n1. The molecule has 6 nitrogen and oxygen atoms in total. The largest absolute Gasteiger partial charge is 0.430 e. The lowest BCUT2D eigenvalue weighted by Gasteiger charge is -2.04. The highest BCUT2D eigenvalue weighted by molar-refractivity contribution is 6.29. The zero-order valence-corrected chi connectivity index (χ0v) is 10.1. The van der Waals surface area contributed by atoms with Gasteiger partial charge in [-0.25, -0.2) is 14.8 Å². The maximum Gasteiger partial charge on any atom is 0.335 e. The first-order valence-corrected chi connectivity index (χ1v) is 5.34. The summed E-state index contributed by atoms with van der Waals surface area (Å²) in [6, 6.07) is 4.07. The van der Waals surface area contributed by atoms with E-state index >= 15 is 0 Å². The van der Waals surface area contributed by atoms with Crippen molar-refractivity contribution >= 4 is 23.5 Å². The van der Waals surface area contributed by atoms with Gasteiger partial charge < -0.3 is 4.42 Å². The van der Waals surface area contributed by atoms with Crippen molar-refractivity contribution in [2.24, 2.45) is 0 Å². The Kier molecular flexibility index (Phi) is 3.38. The van der Waals surface area contributed by atoms with Crippen LogP contribution in [0.25, 0.3) is 0 Å². The van der Waals surface area contributed by atoms with Crippen LogP contribution in [0.3, 0.4) is 0 Å². The fourth-order valence-corrected chi connectivity index (χ4v) is 1.48. The van der Waals surface area contributed by atoms with Crippen molar-refractivity contribution in [1.29, 1.82) is 0 Å². The summed E-state index contributed by atoms with van der Waals surface area (Å²) in [6.07, 6.45) is 1.06. The summed E-state index contributed by atoms with van der Waals surface area (Å²) >= 11 is 5.74. The van der Waals surface area contributed by atoms with Crippen molar-refractivity contribution in [2.75, 3.05) is 5.32 Å². The van der Waals surface area contributed by atoms with E-state index in [2.05, 4.69) is 19.7 Å². The summed E-state index contributed by atoms with van der Waals surface area (Å²) in [4.78, 5) is 30.3. The third-order valence-electron chi connectivity index (χ3n) is 2.01. The van der Waals surface area contributed by atoms with Gasteiger partial charge >= 0.3 is 5.63 Å². The molecule has 0 radical (unpaired) electrons. The van der Waals surface area contributed by atoms with Gasteiger partial charge in [-0.3, -0.25) is 10.1 Å². The Balaban J connectivity index is 2.21. The van der Waals surface area contributed by atoms with Crippen molar-refractivity contribution in [1.82, 2.24) is 9.97 Å². The van der Waals surface area contributed by atoms with Gasteiger partial charge in [0.15, 0.2) is 0 Å². The van der Waals surface area contributed by atoms with E-state index in [1.807, 2.05) is 0 Å². The molecule has 0 aromatic carbocycles. The van der Waals surface area contributed by atoms with Crippen LogP contribution in [0.2, 0.25) is 5.15 Å². The predicted octanol–water partition coefficient (Wildman–Crippen LogP) is 1.64. The number of hydrogen-bond donors (Lipinski definition) is 1. The summed E-state index contributed by atoms with van der Waals surface area (Å²) in [6.45, 7) is 1.73. The van der Waals surface area contributed by atoms with Gasteiger partial charge in [0, 0.05) is 11.8 Å². The second-order valence-electron chi connectivity index (χ2n) is 3.45. The monoisotopic (exact) mass is 265 g/mol. The highest BCUT2D eigenvalue weighted by atomic mass is 35.5. The number of carbonyl (C=O) groups is 1. The number of aryl methyl sites for hydroxylation is 1. The molecule has 0 spiro atoms. The molecular formula is C11H8ClN3O3. The van der Waals surface area contributed by atoms with Crippen LogP contribution < -0.4 is 10.9 Å². The first-order valence-electron chi connectivity index (χ1n) is 4.96. The second kappa shape index (κ2) is 4.97. The van der Waals surface area contributed by atoms with Crippen molar-refractivity contribution in [3.8, 4) is 0 Å². The second-order valence-corrected chi connectivity index (χ2v) is 3.84. The van der Waals surface area contributed by atoms with Crippen LogP contribution in [-0.2, 0) is 0 Å². The van der Waals surface area contributed by atoms with E-state index in [9.17, 15) is 9.59 Å². The topological polar surface area (TPSA) is 85.1 Å². The minimum Gasteiger partial charge on any atom is -0.430 e. The molecule has 0 aliphatic carbocycles. The van der Waals surface area contributed by atoms with E-state index in [0.29, 0.717) is 5.69 Å². The minimum atomic E-state index is -0.526. The molecule has 0 aliphatic rings. The van der Waals surface area contributed by atoms with E-state index < -0.39 is 11.5 Å². The van der Waals surface area contributed by atoms with Crippen LogP contribution in [-0.4, -0.2) is 15.9 Å². The zero-order valence-electron chi connectivity index (χ0n) is 9.31. The molecule has 7 heteroatoms. The normalized spacial score (nSPS) is 10.1. The Hall–Kier alpha value is -2.21. The Morgan fingerprint density at radius 1 is 1.39 bits per heavy atom. The first kappa shape index (κ1) is 12.3. The Morgan fingerprint density at radius 3 is 2.78 bits per heavy atom. The van der Waals surface area contributed by atoms with Crippen molar-refractivity contribution in [3.05, 3.63) is 51.3 Å². The maximum atomic E-state index is 11.8. The van der Waals surface area contributed by atoms with Gasteiger partial charge in [-0.15, -0.1) is 0 Å². The lowest BCUT2D eigenvalue weighted by Crippen LogP contribution is -2.15. The Labute approximate surface area is 107 Å². The third-order valence-corrected chi connectivity index (χ3v) is 2.21. The summed E-state index contributed by atoms with van der Waals surface area (Å²) in [5.74, 6) is -0.392. The molecule has 1 N–H and O–H groups in total. The molecule has 0 saturated heterocycles. The van der Waals surface area contributed by atoms with E-state index in [1.54, 1.807) is 13.0 Å². The van der Waals surface area contributed by atoms with Gasteiger partial charge in [-0.05, 0) is 19.1 Å². The van der Waals surface area contributed by atoms with Gasteiger partial charge in [-0.1, -0.05) is 11.6 Å². The molecule has 92 valence electrons. The third kappa shape index (κ3) is 2.92. The standard InChI is InChI=1S/C11H8ClN3O3/c1-6-4-8(12)14-11(13-6)15-10(17)7-2-3-9(16)18-5-7/h2-5H,1H3,(H,13,14,15,17). The number of rotatable bonds is 2. The van der Waals surface area contributed by atoms with Gasteiger partial charge in [0.05, 0.1) is 5.56 Å². The molecular weight excluding hydrogens is 258 g/mol. The number of nitrogens with zero attached hydrogens (tertiary/aromatic N) is 2. The molecule has 2 aromatic heterocycles. The molecule has 0 saturated carbocycles. The predicted molar refractivity (Wildman–Crippen MR) is 64.7 cm³/mol. The maximum absolute atomic E-state index is 11.8. The minimum absolute atomic E-state index is 0.0937. The number of aromatic nitrogens is 2. The number of hydrogen-bond acceptors (Lipinski definition) is 5. The van der Waals surface area contributed by atoms with Crippen molar-refractivity contribution in [3.63, 3.8) is 0 Å². The first-order chi connectivity index (χ1) is 8.54. The van der Waals surface area contributed by atoms with Gasteiger partial charge in [-0.2, -0.15) is 0 Å². The highest BCUT2D eigenvalue weighted by Gasteiger charge is 2.09. The molecule has 2 heterocycles. The van der Waals surface area contributed by atoms with Crippen molar-refractivity contribution < 1.29 is 9.21 Å². The van der Waals surface area contributed by atoms with Crippen LogP contribution in [0.5, 0.6) is 0 Å². The molecule has 1 amide bonds. The number of carbonyl (C=O) groups excluding carboxylic acids is 1. The molecule has 0 unspecified atom stereocenters. The molecule has 18 heavy (non-hydrogen) atoms. The molecule has 0 aliphatic heterocycles. The molecule has 2 rings (SSSR count). The summed E-state index contributed by atoms with van der Waals surface area (Å²) in [5.41, 5.74) is 0.294. The van der Waals surface area contributed by atoms with E-state index in [0.717, 1.165) is 12.3 Å². The fourth-order valence-electron chi connectivity index (χ4n) is 1.25. The number of anilines is 1. The molecule has 0 atom stereocenters. The van der Waals surface area contributed by atoms with Crippen LogP contribution in [0.4, 0.5) is 5.95 Å².